The zero-order chi connectivity index (χ0) is 42.5. The number of hydrogen-bond donors (Lipinski definition) is 0. The number of anilines is 3. The SMILES string of the molecule is CC1(C)c2ccccc2-c2ccc(-c3c(-c4cc5ccccc5c5ccccc45)cccc3N(c3ccc(-c4ccccc4)cc3)c3ccc4c(c3)C(C)(C)c3ccccc3-4)cc21. The maximum atomic E-state index is 2.52. The van der Waals surface area contributed by atoms with Gasteiger partial charge in [-0.25, -0.2) is 0 Å². The number of hydrogen-bond acceptors (Lipinski definition) is 1. The van der Waals surface area contributed by atoms with Crippen LogP contribution in [0.1, 0.15) is 49.9 Å². The molecular weight excluding hydrogens is 759 g/mol. The molecule has 10 aromatic rings. The molecule has 1 nitrogen and oxygen atoms in total. The standard InChI is InChI=1S/C62H47N/c1-61(2)55-26-14-12-23-49(55)51-35-31-43(38-57(51)61)60-53(54-37-42-19-8-9-20-46(42)47-21-10-11-22-48(47)54)25-16-28-59(60)63(44-32-29-41(30-33-44)40-17-6-5-7-18-40)45-34-36-52-50-24-13-15-27-56(50)62(3,4)58(52)39-45/h5-39H,1-4H3. The van der Waals surface area contributed by atoms with Crippen LogP contribution >= 0.6 is 0 Å². The first-order chi connectivity index (χ1) is 30.8. The Morgan fingerprint density at radius 3 is 1.52 bits per heavy atom. The van der Waals surface area contributed by atoms with Crippen LogP contribution in [0.5, 0.6) is 0 Å². The lowest BCUT2D eigenvalue weighted by atomic mass is 9.80. The van der Waals surface area contributed by atoms with Crippen molar-refractivity contribution in [2.24, 2.45) is 0 Å². The largest absolute Gasteiger partial charge is 0.310 e. The fourth-order valence-corrected chi connectivity index (χ4v) is 11.1. The average Bonchev–Trinajstić information content (AvgIpc) is 3.70. The minimum Gasteiger partial charge on any atom is -0.310 e. The molecule has 300 valence electrons. The molecule has 10 aromatic carbocycles. The topological polar surface area (TPSA) is 3.24 Å². The van der Waals surface area contributed by atoms with Crippen molar-refractivity contribution in [3.63, 3.8) is 0 Å². The van der Waals surface area contributed by atoms with Crippen LogP contribution in [-0.4, -0.2) is 0 Å². The van der Waals surface area contributed by atoms with Gasteiger partial charge in [0.05, 0.1) is 5.69 Å². The van der Waals surface area contributed by atoms with Crippen molar-refractivity contribution in [2.45, 2.75) is 38.5 Å². The summed E-state index contributed by atoms with van der Waals surface area (Å²) in [7, 11) is 0. The van der Waals surface area contributed by atoms with Gasteiger partial charge in [0.1, 0.15) is 0 Å². The molecule has 2 aliphatic rings. The summed E-state index contributed by atoms with van der Waals surface area (Å²) in [6, 6.07) is 79.3. The maximum absolute atomic E-state index is 2.52. The minimum absolute atomic E-state index is 0.153. The molecule has 0 heterocycles. The van der Waals surface area contributed by atoms with Gasteiger partial charge in [0.25, 0.3) is 0 Å². The second kappa shape index (κ2) is 14.0. The molecule has 0 radical (unpaired) electrons. The lowest BCUT2D eigenvalue weighted by Crippen LogP contribution is -2.17. The summed E-state index contributed by atoms with van der Waals surface area (Å²) in [6.45, 7) is 9.52. The number of fused-ring (bicyclic) bond motifs is 9. The molecule has 12 rings (SSSR count). The molecule has 63 heavy (non-hydrogen) atoms. The lowest BCUT2D eigenvalue weighted by Gasteiger charge is -2.31. The summed E-state index contributed by atoms with van der Waals surface area (Å²) in [4.78, 5) is 2.52. The van der Waals surface area contributed by atoms with Gasteiger partial charge >= 0.3 is 0 Å². The van der Waals surface area contributed by atoms with Crippen LogP contribution in [0, 0.1) is 0 Å². The predicted octanol–water partition coefficient (Wildman–Crippen LogP) is 17.1. The van der Waals surface area contributed by atoms with Crippen molar-refractivity contribution in [3.05, 3.63) is 235 Å². The molecule has 0 saturated carbocycles. The molecule has 0 saturated heterocycles. The Kier molecular flexibility index (Phi) is 8.30. The van der Waals surface area contributed by atoms with E-state index in [1.165, 1.54) is 99.4 Å². The monoisotopic (exact) mass is 805 g/mol. The molecule has 0 aliphatic heterocycles. The van der Waals surface area contributed by atoms with Crippen LogP contribution in [0.15, 0.2) is 212 Å². The van der Waals surface area contributed by atoms with Crippen LogP contribution in [0.25, 0.3) is 77.2 Å². The van der Waals surface area contributed by atoms with Crippen LogP contribution in [0.3, 0.4) is 0 Å². The van der Waals surface area contributed by atoms with Crippen molar-refractivity contribution in [1.82, 2.24) is 0 Å². The van der Waals surface area contributed by atoms with E-state index in [0.717, 1.165) is 17.1 Å². The molecule has 0 fully saturated rings. The van der Waals surface area contributed by atoms with E-state index >= 15 is 0 Å². The summed E-state index contributed by atoms with van der Waals surface area (Å²) in [5.41, 5.74) is 21.1. The molecule has 0 unspecified atom stereocenters. The molecule has 0 N–H and O–H groups in total. The van der Waals surface area contributed by atoms with Gasteiger partial charge in [0, 0.05) is 27.8 Å². The Morgan fingerprint density at radius 2 is 0.810 bits per heavy atom. The third-order valence-electron chi connectivity index (χ3n) is 14.3. The van der Waals surface area contributed by atoms with Crippen LogP contribution in [-0.2, 0) is 10.8 Å². The van der Waals surface area contributed by atoms with Gasteiger partial charge in [-0.05, 0) is 136 Å². The van der Waals surface area contributed by atoms with E-state index in [-0.39, 0.29) is 10.8 Å². The first-order valence-corrected chi connectivity index (χ1v) is 22.3. The molecule has 1 heteroatoms. The summed E-state index contributed by atoms with van der Waals surface area (Å²) < 4.78 is 0. The fraction of sp³-hybridized carbons (Fsp3) is 0.0968. The van der Waals surface area contributed by atoms with E-state index in [4.69, 9.17) is 0 Å². The van der Waals surface area contributed by atoms with E-state index in [1.807, 2.05) is 0 Å². The second-order valence-electron chi connectivity index (χ2n) is 18.5. The van der Waals surface area contributed by atoms with Gasteiger partial charge < -0.3 is 4.90 Å². The second-order valence-corrected chi connectivity index (χ2v) is 18.5. The Hall–Kier alpha value is -7.48. The zero-order valence-corrected chi connectivity index (χ0v) is 36.2. The smallest absolute Gasteiger partial charge is 0.0546 e. The molecule has 2 aliphatic carbocycles. The molecule has 0 spiro atoms. The quantitative estimate of drug-likeness (QED) is 0.151. The Balaban J connectivity index is 1.15. The molecule has 0 bridgehead atoms. The number of nitrogens with zero attached hydrogens (tertiary/aromatic N) is 1. The van der Waals surface area contributed by atoms with Gasteiger partial charge in [0.15, 0.2) is 0 Å². The van der Waals surface area contributed by atoms with Gasteiger partial charge in [0.2, 0.25) is 0 Å². The Morgan fingerprint density at radius 1 is 0.302 bits per heavy atom. The normalized spacial score (nSPS) is 14.0. The summed E-state index contributed by atoms with van der Waals surface area (Å²) >= 11 is 0. The molecule has 0 atom stereocenters. The first-order valence-electron chi connectivity index (χ1n) is 22.3. The van der Waals surface area contributed by atoms with Gasteiger partial charge in [-0.1, -0.05) is 198 Å². The van der Waals surface area contributed by atoms with Crippen LogP contribution < -0.4 is 4.90 Å². The van der Waals surface area contributed by atoms with Crippen molar-refractivity contribution >= 4 is 38.6 Å². The molecular formula is C62H47N. The lowest BCUT2D eigenvalue weighted by molar-refractivity contribution is 0.660. The summed E-state index contributed by atoms with van der Waals surface area (Å²) in [6.07, 6.45) is 0. The maximum Gasteiger partial charge on any atom is 0.0546 e. The summed E-state index contributed by atoms with van der Waals surface area (Å²) in [5, 5.41) is 5.02. The highest BCUT2D eigenvalue weighted by Crippen LogP contribution is 2.55. The number of rotatable bonds is 6. The minimum atomic E-state index is -0.153. The Labute approximate surface area is 370 Å². The van der Waals surface area contributed by atoms with E-state index in [1.54, 1.807) is 0 Å². The van der Waals surface area contributed by atoms with Crippen LogP contribution in [0.2, 0.25) is 0 Å². The third-order valence-corrected chi connectivity index (χ3v) is 14.3. The van der Waals surface area contributed by atoms with E-state index in [0.29, 0.717) is 0 Å². The zero-order valence-electron chi connectivity index (χ0n) is 36.2. The highest BCUT2D eigenvalue weighted by molar-refractivity contribution is 6.15. The Bertz CT molecular complexity index is 3440. The predicted molar refractivity (Wildman–Crippen MR) is 268 cm³/mol. The van der Waals surface area contributed by atoms with Gasteiger partial charge in [-0.15, -0.1) is 0 Å². The van der Waals surface area contributed by atoms with Crippen molar-refractivity contribution < 1.29 is 0 Å². The molecule has 0 amide bonds. The van der Waals surface area contributed by atoms with Gasteiger partial charge in [-0.3, -0.25) is 0 Å². The van der Waals surface area contributed by atoms with E-state index in [2.05, 4.69) is 245 Å². The number of benzene rings is 10. The van der Waals surface area contributed by atoms with E-state index in [9.17, 15) is 0 Å². The summed E-state index contributed by atoms with van der Waals surface area (Å²) in [5.74, 6) is 0. The van der Waals surface area contributed by atoms with Crippen LogP contribution in [0.4, 0.5) is 17.1 Å². The van der Waals surface area contributed by atoms with E-state index < -0.39 is 0 Å². The average molecular weight is 806 g/mol. The van der Waals surface area contributed by atoms with Crippen molar-refractivity contribution in [2.75, 3.05) is 4.90 Å². The highest BCUT2D eigenvalue weighted by atomic mass is 15.1. The van der Waals surface area contributed by atoms with Crippen molar-refractivity contribution in [1.29, 1.82) is 0 Å². The fourth-order valence-electron chi connectivity index (χ4n) is 11.1. The van der Waals surface area contributed by atoms with Crippen molar-refractivity contribution in [3.8, 4) is 55.6 Å². The molecule has 0 aromatic heterocycles. The third kappa shape index (κ3) is 5.69. The highest BCUT2D eigenvalue weighted by Gasteiger charge is 2.37. The van der Waals surface area contributed by atoms with Gasteiger partial charge in [-0.2, -0.15) is 0 Å². The first kappa shape index (κ1) is 37.3.